The first-order valence-electron chi connectivity index (χ1n) is 5.72. The topological polar surface area (TPSA) is 70.4 Å². The van der Waals surface area contributed by atoms with Crippen molar-refractivity contribution in [3.63, 3.8) is 0 Å². The van der Waals surface area contributed by atoms with Crippen molar-refractivity contribution in [3.8, 4) is 0 Å². The quantitative estimate of drug-likeness (QED) is 0.587. The maximum absolute atomic E-state index is 13.9. The molecule has 0 amide bonds. The normalized spacial score (nSPS) is 14.4. The zero-order valence-corrected chi connectivity index (χ0v) is 13.8. The fraction of sp³-hybridized carbons (Fsp3) is 0.250. The fourth-order valence-electron chi connectivity index (χ4n) is 1.77. The second kappa shape index (κ2) is 5.56. The maximum atomic E-state index is 13.9. The van der Waals surface area contributed by atoms with Crippen LogP contribution in [0, 0.1) is 0 Å². The van der Waals surface area contributed by atoms with Crippen LogP contribution in [0.25, 0.3) is 10.9 Å². The van der Waals surface area contributed by atoms with Crippen molar-refractivity contribution in [2.75, 3.05) is 0 Å². The van der Waals surface area contributed by atoms with Gasteiger partial charge in [0.05, 0.1) is 16.6 Å². The van der Waals surface area contributed by atoms with Gasteiger partial charge in [0.2, 0.25) is 0 Å². The second-order valence-corrected chi connectivity index (χ2v) is 7.62. The van der Waals surface area contributed by atoms with Crippen LogP contribution in [0.1, 0.15) is 23.6 Å². The molecule has 21 heavy (non-hydrogen) atoms. The molecule has 114 valence electrons. The Morgan fingerprint density at radius 1 is 1.38 bits per heavy atom. The summed E-state index contributed by atoms with van der Waals surface area (Å²) in [6.45, 7) is 1.68. The van der Waals surface area contributed by atoms with E-state index >= 15 is 0 Å². The third-order valence-electron chi connectivity index (χ3n) is 2.90. The minimum atomic E-state index is -5.64. The molecule has 1 aromatic carbocycles. The molecule has 4 nitrogen and oxygen atoms in total. The molecule has 1 aromatic heterocycles. The van der Waals surface area contributed by atoms with Gasteiger partial charge in [-0.1, -0.05) is 22.0 Å². The number of aromatic nitrogens is 1. The molecule has 2 aromatic rings. The summed E-state index contributed by atoms with van der Waals surface area (Å²) >= 11 is 8.81. The fourth-order valence-corrected chi connectivity index (χ4v) is 3.15. The van der Waals surface area contributed by atoms with Gasteiger partial charge in [-0.3, -0.25) is 9.55 Å². The Morgan fingerprint density at radius 3 is 2.52 bits per heavy atom. The van der Waals surface area contributed by atoms with Gasteiger partial charge in [-0.25, -0.2) is 0 Å². The average molecular weight is 401 g/mol. The summed E-state index contributed by atoms with van der Waals surface area (Å²) in [5, 5.41) is 0.136. The number of nitrogens with zero attached hydrogens (tertiary/aromatic N) is 1. The minimum Gasteiger partial charge on any atom is -0.320 e. The van der Waals surface area contributed by atoms with Crippen LogP contribution in [0.5, 0.6) is 0 Å². The molecule has 0 saturated heterocycles. The average Bonchev–Trinajstić information content (AvgIpc) is 2.35. The van der Waals surface area contributed by atoms with E-state index < -0.39 is 24.2 Å². The Labute approximate surface area is 132 Å². The van der Waals surface area contributed by atoms with E-state index in [1.807, 2.05) is 0 Å². The van der Waals surface area contributed by atoms with Crippen molar-refractivity contribution < 1.29 is 23.1 Å². The Hall–Kier alpha value is -0.590. The highest BCUT2D eigenvalue weighted by atomic mass is 79.9. The lowest BCUT2D eigenvalue weighted by Crippen LogP contribution is -2.14. The molecule has 0 spiro atoms. The van der Waals surface area contributed by atoms with Gasteiger partial charge in [-0.05, 0) is 25.1 Å². The van der Waals surface area contributed by atoms with Crippen molar-refractivity contribution in [1.82, 2.24) is 4.98 Å². The van der Waals surface area contributed by atoms with Gasteiger partial charge in [0, 0.05) is 15.4 Å². The highest BCUT2D eigenvalue weighted by Crippen LogP contribution is 2.60. The van der Waals surface area contributed by atoms with Crippen molar-refractivity contribution in [2.24, 2.45) is 0 Å². The predicted molar refractivity (Wildman–Crippen MR) is 79.6 cm³/mol. The Morgan fingerprint density at radius 2 is 2.00 bits per heavy atom. The Balaban J connectivity index is 2.71. The number of halogens is 4. The van der Waals surface area contributed by atoms with Crippen molar-refractivity contribution in [3.05, 3.63) is 40.0 Å². The highest BCUT2D eigenvalue weighted by Gasteiger charge is 2.51. The van der Waals surface area contributed by atoms with Gasteiger partial charge in [0.1, 0.15) is 0 Å². The molecule has 1 heterocycles. The van der Waals surface area contributed by atoms with Crippen LogP contribution in [0.2, 0.25) is 0 Å². The maximum Gasteiger partial charge on any atom is 0.399 e. The van der Waals surface area contributed by atoms with Gasteiger partial charge < -0.3 is 9.79 Å². The van der Waals surface area contributed by atoms with E-state index in [-0.39, 0.29) is 9.99 Å². The smallest absolute Gasteiger partial charge is 0.320 e. The van der Waals surface area contributed by atoms with Crippen LogP contribution < -0.4 is 0 Å². The molecule has 2 rings (SSSR count). The molecular formula is C12H10BrClF2NO3P. The van der Waals surface area contributed by atoms with Gasteiger partial charge in [-0.15, -0.1) is 11.6 Å². The summed E-state index contributed by atoms with van der Waals surface area (Å²) in [7, 11) is -5.64. The third-order valence-corrected chi connectivity index (χ3v) is 4.75. The Bertz CT molecular complexity index is 751. The molecular weight excluding hydrogens is 390 g/mol. The summed E-state index contributed by atoms with van der Waals surface area (Å²) in [6, 6.07) is 5.61. The molecule has 0 radical (unpaired) electrons. The van der Waals surface area contributed by atoms with Crippen LogP contribution in [-0.2, 0) is 10.2 Å². The van der Waals surface area contributed by atoms with Crippen molar-refractivity contribution >= 4 is 46.0 Å². The number of benzene rings is 1. The van der Waals surface area contributed by atoms with Gasteiger partial charge in [0.25, 0.3) is 0 Å². The number of fused-ring (bicyclic) bond motifs is 1. The number of pyridine rings is 1. The lowest BCUT2D eigenvalue weighted by molar-refractivity contribution is 0.0558. The van der Waals surface area contributed by atoms with E-state index in [1.165, 1.54) is 6.07 Å². The molecule has 0 saturated carbocycles. The summed E-state index contributed by atoms with van der Waals surface area (Å²) in [4.78, 5) is 21.8. The number of rotatable bonds is 3. The third kappa shape index (κ3) is 3.12. The van der Waals surface area contributed by atoms with E-state index in [2.05, 4.69) is 20.9 Å². The predicted octanol–water partition coefficient (Wildman–Crippen LogP) is 4.52. The van der Waals surface area contributed by atoms with Gasteiger partial charge in [0.15, 0.2) is 0 Å². The first kappa shape index (κ1) is 16.8. The standard InChI is InChI=1S/C12H10BrClF2NO3P/c1-6(14)10-3-2-7-4-9(13)8(5-11(7)17-10)12(15,16)21(18,19)20/h2-6H,1H3,(H2,18,19,20). The molecule has 0 aliphatic carbocycles. The van der Waals surface area contributed by atoms with E-state index in [4.69, 9.17) is 21.4 Å². The van der Waals surface area contributed by atoms with E-state index in [0.29, 0.717) is 11.1 Å². The summed E-state index contributed by atoms with van der Waals surface area (Å²) in [5.41, 5.74) is -4.44. The minimum absolute atomic E-state index is 0.100. The van der Waals surface area contributed by atoms with Crippen LogP contribution in [0.15, 0.2) is 28.7 Å². The first-order valence-corrected chi connectivity index (χ1v) is 8.56. The Kier molecular flexibility index (Phi) is 4.44. The van der Waals surface area contributed by atoms with E-state index in [1.54, 1.807) is 19.1 Å². The van der Waals surface area contributed by atoms with Crippen LogP contribution >= 0.6 is 35.1 Å². The largest absolute Gasteiger partial charge is 0.399 e. The molecule has 2 N–H and O–H groups in total. The zero-order valence-electron chi connectivity index (χ0n) is 10.6. The van der Waals surface area contributed by atoms with Crippen LogP contribution in [0.4, 0.5) is 8.78 Å². The van der Waals surface area contributed by atoms with Crippen LogP contribution in [-0.4, -0.2) is 14.8 Å². The molecule has 9 heteroatoms. The lowest BCUT2D eigenvalue weighted by Gasteiger charge is -2.19. The highest BCUT2D eigenvalue weighted by molar-refractivity contribution is 9.10. The van der Waals surface area contributed by atoms with Crippen molar-refractivity contribution in [1.29, 1.82) is 0 Å². The second-order valence-electron chi connectivity index (χ2n) is 4.46. The molecule has 0 bridgehead atoms. The van der Waals surface area contributed by atoms with Crippen LogP contribution in [0.3, 0.4) is 0 Å². The SMILES string of the molecule is CC(Cl)c1ccc2cc(Br)c(C(F)(F)P(=O)(O)O)cc2n1. The number of alkyl halides is 3. The van der Waals surface area contributed by atoms with E-state index in [0.717, 1.165) is 6.07 Å². The monoisotopic (exact) mass is 399 g/mol. The first-order chi connectivity index (χ1) is 9.54. The van der Waals surface area contributed by atoms with E-state index in [9.17, 15) is 13.3 Å². The summed E-state index contributed by atoms with van der Waals surface area (Å²) in [5.74, 6) is 0. The summed E-state index contributed by atoms with van der Waals surface area (Å²) in [6.07, 6.45) is 0. The van der Waals surface area contributed by atoms with Crippen molar-refractivity contribution in [2.45, 2.75) is 18.0 Å². The molecule has 0 aliphatic heterocycles. The number of hydrogen-bond acceptors (Lipinski definition) is 2. The zero-order chi connectivity index (χ0) is 16.0. The molecule has 0 fully saturated rings. The lowest BCUT2D eigenvalue weighted by atomic mass is 10.1. The number of hydrogen-bond donors (Lipinski definition) is 2. The summed E-state index contributed by atoms with van der Waals surface area (Å²) < 4.78 is 38.6. The molecule has 1 unspecified atom stereocenters. The molecule has 0 aliphatic rings. The molecule has 1 atom stereocenters. The van der Waals surface area contributed by atoms with Gasteiger partial charge in [-0.2, -0.15) is 8.78 Å². The van der Waals surface area contributed by atoms with Gasteiger partial charge >= 0.3 is 13.3 Å².